The van der Waals surface area contributed by atoms with Crippen LogP contribution in [0.3, 0.4) is 0 Å². The van der Waals surface area contributed by atoms with Gasteiger partial charge in [-0.3, -0.25) is 0 Å². The fourth-order valence-corrected chi connectivity index (χ4v) is 3.26. The summed E-state index contributed by atoms with van der Waals surface area (Å²) in [6.45, 7) is 0.744. The molecule has 1 unspecified atom stereocenters. The minimum atomic E-state index is -4.62. The van der Waals surface area contributed by atoms with Crippen LogP contribution in [0.4, 0.5) is 13.2 Å². The lowest BCUT2D eigenvalue weighted by Gasteiger charge is -2.17. The average Bonchev–Trinajstić information content (AvgIpc) is 2.15. The number of alkyl halides is 3. The summed E-state index contributed by atoms with van der Waals surface area (Å²) in [7, 11) is -4.19. The maximum absolute atomic E-state index is 12.3. The number of hydrogen-bond donors (Lipinski definition) is 1. The van der Waals surface area contributed by atoms with E-state index in [0.717, 1.165) is 6.92 Å². The van der Waals surface area contributed by atoms with E-state index >= 15 is 0 Å². The van der Waals surface area contributed by atoms with Gasteiger partial charge in [-0.05, 0) is 35.0 Å². The maximum atomic E-state index is 12.3. The number of rotatable bonds is 3. The van der Waals surface area contributed by atoms with Gasteiger partial charge in [0.25, 0.3) is 0 Å². The van der Waals surface area contributed by atoms with Crippen molar-refractivity contribution in [1.82, 2.24) is 4.72 Å². The first-order valence-electron chi connectivity index (χ1n) is 4.48. The second-order valence-corrected chi connectivity index (χ2v) is 5.85. The van der Waals surface area contributed by atoms with Crippen molar-refractivity contribution in [2.24, 2.45) is 0 Å². The van der Waals surface area contributed by atoms with E-state index in [1.165, 1.54) is 18.2 Å². The van der Waals surface area contributed by atoms with Gasteiger partial charge in [0.1, 0.15) is 6.04 Å². The Morgan fingerprint density at radius 3 is 2.29 bits per heavy atom. The zero-order valence-electron chi connectivity index (χ0n) is 8.62. The summed E-state index contributed by atoms with van der Waals surface area (Å²) in [4.78, 5) is -0.226. The Morgan fingerprint density at radius 1 is 1.29 bits per heavy atom. The third-order valence-corrected chi connectivity index (χ3v) is 4.50. The second-order valence-electron chi connectivity index (χ2n) is 3.32. The van der Waals surface area contributed by atoms with Gasteiger partial charge in [-0.2, -0.15) is 17.9 Å². The van der Waals surface area contributed by atoms with E-state index < -0.39 is 22.2 Å². The van der Waals surface area contributed by atoms with Crippen LogP contribution in [0.15, 0.2) is 33.6 Å². The Hall–Kier alpha value is -0.600. The van der Waals surface area contributed by atoms with Gasteiger partial charge in [-0.25, -0.2) is 8.42 Å². The smallest absolute Gasteiger partial charge is 0.207 e. The topological polar surface area (TPSA) is 46.2 Å². The molecule has 0 aliphatic rings. The first-order chi connectivity index (χ1) is 7.64. The van der Waals surface area contributed by atoms with Crippen LogP contribution < -0.4 is 4.72 Å². The molecule has 0 aliphatic heterocycles. The number of halogens is 4. The molecule has 8 heteroatoms. The first kappa shape index (κ1) is 14.5. The minimum absolute atomic E-state index is 0.210. The van der Waals surface area contributed by atoms with Crippen LogP contribution in [0.2, 0.25) is 0 Å². The molecule has 0 aliphatic carbocycles. The molecule has 0 aromatic heterocycles. The fraction of sp³-hybridized carbons (Fsp3) is 0.333. The highest BCUT2D eigenvalue weighted by Crippen LogP contribution is 2.24. The molecule has 1 aromatic rings. The summed E-state index contributed by atoms with van der Waals surface area (Å²) in [5.74, 6) is 0. The van der Waals surface area contributed by atoms with Gasteiger partial charge in [-0.1, -0.05) is 12.1 Å². The molecule has 0 radical (unpaired) electrons. The molecule has 0 heterocycles. The van der Waals surface area contributed by atoms with Crippen molar-refractivity contribution >= 4 is 26.0 Å². The van der Waals surface area contributed by atoms with Crippen LogP contribution in [0.5, 0.6) is 0 Å². The molecule has 1 atom stereocenters. The average molecular weight is 332 g/mol. The number of hydrogen-bond acceptors (Lipinski definition) is 2. The van der Waals surface area contributed by atoms with E-state index in [1.54, 1.807) is 10.8 Å². The van der Waals surface area contributed by atoms with Crippen molar-refractivity contribution in [2.45, 2.75) is 24.0 Å². The van der Waals surface area contributed by atoms with Gasteiger partial charge >= 0.3 is 6.18 Å². The fourth-order valence-electron chi connectivity index (χ4n) is 1.03. The molecule has 96 valence electrons. The van der Waals surface area contributed by atoms with Gasteiger partial charge < -0.3 is 0 Å². The normalized spacial score (nSPS) is 14.6. The Morgan fingerprint density at radius 2 is 1.82 bits per heavy atom. The van der Waals surface area contributed by atoms with Gasteiger partial charge in [0.05, 0.1) is 4.90 Å². The van der Waals surface area contributed by atoms with Crippen LogP contribution in [0, 0.1) is 0 Å². The summed E-state index contributed by atoms with van der Waals surface area (Å²) < 4.78 is 61.9. The third-order valence-electron chi connectivity index (χ3n) is 1.95. The van der Waals surface area contributed by atoms with Crippen molar-refractivity contribution in [3.8, 4) is 0 Å². The van der Waals surface area contributed by atoms with E-state index in [0.29, 0.717) is 0 Å². The van der Waals surface area contributed by atoms with Crippen LogP contribution >= 0.6 is 15.9 Å². The van der Waals surface area contributed by atoms with Gasteiger partial charge in [-0.15, -0.1) is 0 Å². The molecule has 0 bridgehead atoms. The van der Waals surface area contributed by atoms with Crippen molar-refractivity contribution < 1.29 is 21.6 Å². The predicted octanol–water partition coefficient (Wildman–Crippen LogP) is 2.68. The Kier molecular flexibility index (Phi) is 4.21. The number of benzene rings is 1. The Labute approximate surface area is 105 Å². The minimum Gasteiger partial charge on any atom is -0.207 e. The van der Waals surface area contributed by atoms with Crippen molar-refractivity contribution in [2.75, 3.05) is 0 Å². The highest BCUT2D eigenvalue weighted by molar-refractivity contribution is 9.10. The van der Waals surface area contributed by atoms with Gasteiger partial charge in [0, 0.05) is 4.47 Å². The lowest BCUT2D eigenvalue weighted by atomic mass is 10.4. The molecular weight excluding hydrogens is 323 g/mol. The molecule has 1 rings (SSSR count). The lowest BCUT2D eigenvalue weighted by Crippen LogP contribution is -2.43. The van der Waals surface area contributed by atoms with E-state index in [1.807, 2.05) is 0 Å². The molecule has 0 spiro atoms. The summed E-state index contributed by atoms with van der Waals surface area (Å²) in [6.07, 6.45) is -4.62. The Balaban J connectivity index is 3.03. The standard InChI is InChI=1S/C9H9BrF3NO2S/c1-6(9(11,12)13)14-17(15,16)8-5-3-2-4-7(8)10/h2-6,14H,1H3. The molecule has 0 fully saturated rings. The molecule has 0 saturated heterocycles. The maximum Gasteiger partial charge on any atom is 0.404 e. The van der Waals surface area contributed by atoms with E-state index in [2.05, 4.69) is 15.9 Å². The summed E-state index contributed by atoms with van der Waals surface area (Å²) in [5, 5.41) is 0. The van der Waals surface area contributed by atoms with Crippen LogP contribution in [0.25, 0.3) is 0 Å². The highest BCUT2D eigenvalue weighted by Gasteiger charge is 2.39. The van der Waals surface area contributed by atoms with E-state index in [4.69, 9.17) is 0 Å². The molecule has 0 amide bonds. The van der Waals surface area contributed by atoms with Crippen LogP contribution in [-0.2, 0) is 10.0 Å². The van der Waals surface area contributed by atoms with Crippen molar-refractivity contribution in [1.29, 1.82) is 0 Å². The lowest BCUT2D eigenvalue weighted by molar-refractivity contribution is -0.147. The highest BCUT2D eigenvalue weighted by atomic mass is 79.9. The summed E-state index contributed by atoms with van der Waals surface area (Å²) in [5.41, 5.74) is 0. The molecule has 17 heavy (non-hydrogen) atoms. The molecule has 0 saturated carbocycles. The van der Waals surface area contributed by atoms with E-state index in [9.17, 15) is 21.6 Å². The van der Waals surface area contributed by atoms with Crippen LogP contribution in [-0.4, -0.2) is 20.6 Å². The summed E-state index contributed by atoms with van der Waals surface area (Å²) in [6, 6.07) is 3.51. The van der Waals surface area contributed by atoms with Crippen molar-refractivity contribution in [3.05, 3.63) is 28.7 Å². The number of sulfonamides is 1. The van der Waals surface area contributed by atoms with E-state index in [-0.39, 0.29) is 9.37 Å². The second kappa shape index (κ2) is 4.95. The number of nitrogens with one attached hydrogen (secondary N) is 1. The molecule has 3 nitrogen and oxygen atoms in total. The predicted molar refractivity (Wildman–Crippen MR) is 60.0 cm³/mol. The van der Waals surface area contributed by atoms with Crippen molar-refractivity contribution in [3.63, 3.8) is 0 Å². The quantitative estimate of drug-likeness (QED) is 0.925. The van der Waals surface area contributed by atoms with Crippen LogP contribution in [0.1, 0.15) is 6.92 Å². The molecule has 1 N–H and O–H groups in total. The van der Waals surface area contributed by atoms with Gasteiger partial charge in [0.2, 0.25) is 10.0 Å². The largest absolute Gasteiger partial charge is 0.404 e. The molecule has 1 aromatic carbocycles. The summed E-state index contributed by atoms with van der Waals surface area (Å²) >= 11 is 2.97. The van der Waals surface area contributed by atoms with Gasteiger partial charge in [0.15, 0.2) is 0 Å². The first-order valence-corrected chi connectivity index (χ1v) is 6.76. The molecular formula is C9H9BrF3NO2S. The monoisotopic (exact) mass is 331 g/mol. The zero-order valence-corrected chi connectivity index (χ0v) is 11.0. The third kappa shape index (κ3) is 3.68. The zero-order chi connectivity index (χ0) is 13.3. The SMILES string of the molecule is CC(NS(=O)(=O)c1ccccc1Br)C(F)(F)F. The Bertz CT molecular complexity index is 501.